The normalized spacial score (nSPS) is 23.1. The fourth-order valence-corrected chi connectivity index (χ4v) is 2.61. The predicted octanol–water partition coefficient (Wildman–Crippen LogP) is 3.93. The van der Waals surface area contributed by atoms with Crippen molar-refractivity contribution in [3.8, 4) is 0 Å². The molecule has 0 aromatic heterocycles. The summed E-state index contributed by atoms with van der Waals surface area (Å²) < 4.78 is 0. The van der Waals surface area contributed by atoms with E-state index in [0.717, 1.165) is 12.8 Å². The van der Waals surface area contributed by atoms with Crippen LogP contribution in [0, 0.1) is 11.8 Å². The van der Waals surface area contributed by atoms with Gasteiger partial charge in [0.1, 0.15) is 0 Å². The van der Waals surface area contributed by atoms with Crippen LogP contribution in [0.1, 0.15) is 18.1 Å². The Kier molecular flexibility index (Phi) is 3.12. The highest BCUT2D eigenvalue weighted by Gasteiger charge is 2.26. The largest absolute Gasteiger partial charge is 0.133 e. The first-order valence-electron chi connectivity index (χ1n) is 5.80. The van der Waals surface area contributed by atoms with Crippen molar-refractivity contribution in [2.24, 2.45) is 11.8 Å². The summed E-state index contributed by atoms with van der Waals surface area (Å²) >= 11 is 0. The molecule has 0 N–H and O–H groups in total. The SMILES string of the molecule is C=C=C[C@@H]1Cc2ccccc2C[C@H]1C(=C)C. The molecule has 0 saturated heterocycles. The summed E-state index contributed by atoms with van der Waals surface area (Å²) in [5.41, 5.74) is 7.15. The number of hydrogen-bond donors (Lipinski definition) is 0. The van der Waals surface area contributed by atoms with Crippen LogP contribution < -0.4 is 0 Å². The third-order valence-corrected chi connectivity index (χ3v) is 3.50. The number of allylic oxidation sites excluding steroid dienone is 2. The molecular formula is C16H18. The van der Waals surface area contributed by atoms with Crippen LogP contribution in [0.5, 0.6) is 0 Å². The van der Waals surface area contributed by atoms with Crippen LogP contribution >= 0.6 is 0 Å². The molecule has 0 fully saturated rings. The molecule has 2 rings (SSSR count). The maximum absolute atomic E-state index is 4.12. The number of benzene rings is 1. The number of hydrogen-bond acceptors (Lipinski definition) is 0. The highest BCUT2D eigenvalue weighted by Crippen LogP contribution is 2.34. The van der Waals surface area contributed by atoms with Crippen molar-refractivity contribution < 1.29 is 0 Å². The van der Waals surface area contributed by atoms with Gasteiger partial charge in [0, 0.05) is 0 Å². The van der Waals surface area contributed by atoms with Crippen LogP contribution in [-0.4, -0.2) is 0 Å². The first-order valence-corrected chi connectivity index (χ1v) is 5.80. The third kappa shape index (κ3) is 2.03. The van der Waals surface area contributed by atoms with Crippen molar-refractivity contribution in [1.29, 1.82) is 0 Å². The predicted molar refractivity (Wildman–Crippen MR) is 69.4 cm³/mol. The van der Waals surface area contributed by atoms with E-state index in [-0.39, 0.29) is 0 Å². The molecule has 0 heterocycles. The van der Waals surface area contributed by atoms with Crippen molar-refractivity contribution in [1.82, 2.24) is 0 Å². The Hall–Kier alpha value is -1.52. The number of rotatable bonds is 2. The summed E-state index contributed by atoms with van der Waals surface area (Å²) in [5, 5.41) is 0. The molecular weight excluding hydrogens is 192 g/mol. The summed E-state index contributed by atoms with van der Waals surface area (Å²) in [6.45, 7) is 9.94. The van der Waals surface area contributed by atoms with Gasteiger partial charge < -0.3 is 0 Å². The Bertz CT molecular complexity index is 418. The lowest BCUT2D eigenvalue weighted by atomic mass is 9.73. The average Bonchev–Trinajstić information content (AvgIpc) is 2.28. The second kappa shape index (κ2) is 4.55. The smallest absolute Gasteiger partial charge is 0.00485 e. The minimum atomic E-state index is 0.518. The molecule has 0 saturated carbocycles. The van der Waals surface area contributed by atoms with Crippen molar-refractivity contribution in [3.63, 3.8) is 0 Å². The summed E-state index contributed by atoms with van der Waals surface area (Å²) in [7, 11) is 0. The van der Waals surface area contributed by atoms with Crippen LogP contribution in [0.3, 0.4) is 0 Å². The molecule has 0 amide bonds. The Labute approximate surface area is 98.0 Å². The van der Waals surface area contributed by atoms with Gasteiger partial charge in [-0.2, -0.15) is 0 Å². The van der Waals surface area contributed by atoms with Crippen LogP contribution in [0.4, 0.5) is 0 Å². The molecule has 0 nitrogen and oxygen atoms in total. The fraction of sp³-hybridized carbons (Fsp3) is 0.312. The molecule has 2 atom stereocenters. The number of fused-ring (bicyclic) bond motifs is 1. The van der Waals surface area contributed by atoms with E-state index < -0.39 is 0 Å². The molecule has 0 radical (unpaired) electrons. The molecule has 0 unspecified atom stereocenters. The minimum Gasteiger partial charge on any atom is -0.133 e. The third-order valence-electron chi connectivity index (χ3n) is 3.50. The first kappa shape index (κ1) is 11.0. The van der Waals surface area contributed by atoms with Gasteiger partial charge in [-0.3, -0.25) is 0 Å². The Morgan fingerprint density at radius 3 is 2.50 bits per heavy atom. The summed E-state index contributed by atoms with van der Waals surface area (Å²) in [6.07, 6.45) is 4.31. The highest BCUT2D eigenvalue weighted by atomic mass is 14.3. The van der Waals surface area contributed by atoms with Crippen LogP contribution in [0.25, 0.3) is 0 Å². The molecule has 0 heteroatoms. The van der Waals surface area contributed by atoms with Gasteiger partial charge in [-0.15, -0.1) is 5.73 Å². The van der Waals surface area contributed by atoms with Crippen molar-refractivity contribution in [2.75, 3.05) is 0 Å². The van der Waals surface area contributed by atoms with Gasteiger partial charge in [0.05, 0.1) is 0 Å². The van der Waals surface area contributed by atoms with E-state index in [0.29, 0.717) is 11.8 Å². The van der Waals surface area contributed by atoms with Crippen LogP contribution in [0.15, 0.2) is 54.8 Å². The van der Waals surface area contributed by atoms with E-state index in [9.17, 15) is 0 Å². The van der Waals surface area contributed by atoms with Crippen molar-refractivity contribution in [3.05, 3.63) is 65.9 Å². The Balaban J connectivity index is 2.36. The fourth-order valence-electron chi connectivity index (χ4n) is 2.61. The van der Waals surface area contributed by atoms with E-state index in [1.54, 1.807) is 0 Å². The minimum absolute atomic E-state index is 0.518. The zero-order chi connectivity index (χ0) is 11.5. The van der Waals surface area contributed by atoms with E-state index in [1.807, 2.05) is 0 Å². The average molecular weight is 210 g/mol. The maximum Gasteiger partial charge on any atom is -0.00485 e. The second-order valence-electron chi connectivity index (χ2n) is 4.66. The van der Waals surface area contributed by atoms with Crippen molar-refractivity contribution in [2.45, 2.75) is 19.8 Å². The van der Waals surface area contributed by atoms with E-state index in [2.05, 4.69) is 56.2 Å². The van der Waals surface area contributed by atoms with E-state index >= 15 is 0 Å². The zero-order valence-electron chi connectivity index (χ0n) is 9.87. The van der Waals surface area contributed by atoms with Crippen LogP contribution in [0.2, 0.25) is 0 Å². The lowest BCUT2D eigenvalue weighted by molar-refractivity contribution is 0.422. The summed E-state index contributed by atoms with van der Waals surface area (Å²) in [5.74, 6) is 1.06. The molecule has 0 bridgehead atoms. The second-order valence-corrected chi connectivity index (χ2v) is 4.66. The van der Waals surface area contributed by atoms with E-state index in [4.69, 9.17) is 0 Å². The van der Waals surface area contributed by atoms with Gasteiger partial charge in [0.15, 0.2) is 0 Å². The van der Waals surface area contributed by atoms with Gasteiger partial charge in [-0.1, -0.05) is 43.0 Å². The quantitative estimate of drug-likeness (QED) is 0.512. The highest BCUT2D eigenvalue weighted by molar-refractivity contribution is 5.33. The summed E-state index contributed by atoms with van der Waals surface area (Å²) in [4.78, 5) is 0. The topological polar surface area (TPSA) is 0 Å². The van der Waals surface area contributed by atoms with E-state index in [1.165, 1.54) is 16.7 Å². The molecule has 1 aromatic rings. The van der Waals surface area contributed by atoms with Gasteiger partial charge in [0.25, 0.3) is 0 Å². The van der Waals surface area contributed by atoms with Crippen LogP contribution in [-0.2, 0) is 12.8 Å². The van der Waals surface area contributed by atoms with Gasteiger partial charge in [0.2, 0.25) is 0 Å². The van der Waals surface area contributed by atoms with Gasteiger partial charge in [-0.25, -0.2) is 0 Å². The maximum atomic E-state index is 4.12. The summed E-state index contributed by atoms with van der Waals surface area (Å²) in [6, 6.07) is 8.71. The lowest BCUT2D eigenvalue weighted by Crippen LogP contribution is -2.24. The zero-order valence-corrected chi connectivity index (χ0v) is 9.87. The molecule has 0 spiro atoms. The van der Waals surface area contributed by atoms with Gasteiger partial charge in [-0.05, 0) is 48.8 Å². The molecule has 1 aliphatic rings. The molecule has 16 heavy (non-hydrogen) atoms. The molecule has 1 aromatic carbocycles. The molecule has 82 valence electrons. The molecule has 1 aliphatic carbocycles. The first-order chi connectivity index (χ1) is 7.72. The Morgan fingerprint density at radius 2 is 1.94 bits per heavy atom. The van der Waals surface area contributed by atoms with Gasteiger partial charge >= 0.3 is 0 Å². The lowest BCUT2D eigenvalue weighted by Gasteiger charge is -2.31. The monoisotopic (exact) mass is 210 g/mol. The van der Waals surface area contributed by atoms with Crippen molar-refractivity contribution >= 4 is 0 Å². The Morgan fingerprint density at radius 1 is 1.31 bits per heavy atom. The molecule has 0 aliphatic heterocycles. The standard InChI is InChI=1S/C16H18/c1-4-7-15-10-13-8-5-6-9-14(13)11-16(15)12(2)3/h5-9,15-16H,1-2,10-11H2,3H3/t15-,16+/m1/s1.